The zero-order valence-electron chi connectivity index (χ0n) is 19.2. The predicted molar refractivity (Wildman–Crippen MR) is 133 cm³/mol. The Balaban J connectivity index is 1.63. The first-order chi connectivity index (χ1) is 16.3. The van der Waals surface area contributed by atoms with Crippen molar-refractivity contribution in [2.45, 2.75) is 26.3 Å². The lowest BCUT2D eigenvalue weighted by atomic mass is 10.1. The van der Waals surface area contributed by atoms with Gasteiger partial charge in [-0.05, 0) is 60.5 Å². The summed E-state index contributed by atoms with van der Waals surface area (Å²) in [6.07, 6.45) is 2.93. The Morgan fingerprint density at radius 2 is 1.50 bits per heavy atom. The highest BCUT2D eigenvalue weighted by Gasteiger charge is 2.18. The van der Waals surface area contributed by atoms with E-state index in [1.165, 1.54) is 4.31 Å². The zero-order valence-corrected chi connectivity index (χ0v) is 20.0. The van der Waals surface area contributed by atoms with Crippen LogP contribution in [0.15, 0.2) is 78.9 Å². The van der Waals surface area contributed by atoms with Crippen molar-refractivity contribution in [1.29, 1.82) is 0 Å². The van der Waals surface area contributed by atoms with E-state index in [0.717, 1.165) is 24.7 Å². The van der Waals surface area contributed by atoms with Gasteiger partial charge in [0.2, 0.25) is 10.0 Å². The van der Waals surface area contributed by atoms with Gasteiger partial charge in [0.25, 0.3) is 5.91 Å². The molecule has 3 rings (SSSR count). The minimum Gasteiger partial charge on any atom is -0.462 e. The Hall–Kier alpha value is -3.65. The summed E-state index contributed by atoms with van der Waals surface area (Å²) in [5.74, 6) is -0.701. The van der Waals surface area contributed by atoms with Gasteiger partial charge in [0.1, 0.15) is 0 Å². The van der Waals surface area contributed by atoms with E-state index >= 15 is 0 Å². The molecule has 0 radical (unpaired) electrons. The number of hydrogen-bond donors (Lipinski definition) is 1. The maximum absolute atomic E-state index is 12.6. The van der Waals surface area contributed by atoms with E-state index in [1.807, 2.05) is 13.0 Å². The topological polar surface area (TPSA) is 92.8 Å². The number of amides is 1. The first kappa shape index (κ1) is 25.0. The Bertz CT molecular complexity index is 1210. The third-order valence-corrected chi connectivity index (χ3v) is 6.24. The summed E-state index contributed by atoms with van der Waals surface area (Å²) in [6, 6.07) is 22.1. The number of hydrogen-bond acceptors (Lipinski definition) is 5. The van der Waals surface area contributed by atoms with E-state index in [2.05, 4.69) is 5.32 Å². The van der Waals surface area contributed by atoms with Gasteiger partial charge in [-0.1, -0.05) is 43.7 Å². The average Bonchev–Trinajstić information content (AvgIpc) is 2.83. The largest absolute Gasteiger partial charge is 0.462 e. The van der Waals surface area contributed by atoms with Gasteiger partial charge in [0, 0.05) is 11.3 Å². The number of carbonyl (C=O) groups is 2. The molecule has 3 aromatic carbocycles. The smallest absolute Gasteiger partial charge is 0.338 e. The summed E-state index contributed by atoms with van der Waals surface area (Å²) in [6.45, 7) is 2.56. The van der Waals surface area contributed by atoms with Gasteiger partial charge >= 0.3 is 5.97 Å². The molecule has 0 bridgehead atoms. The molecule has 34 heavy (non-hydrogen) atoms. The van der Waals surface area contributed by atoms with Crippen LogP contribution in [0.25, 0.3) is 0 Å². The number of nitrogens with zero attached hydrogens (tertiary/aromatic N) is 1. The number of ether oxygens (including phenoxy) is 1. The Morgan fingerprint density at radius 3 is 2.09 bits per heavy atom. The highest BCUT2D eigenvalue weighted by molar-refractivity contribution is 7.92. The molecule has 0 unspecified atom stereocenters. The van der Waals surface area contributed by atoms with Crippen LogP contribution >= 0.6 is 0 Å². The first-order valence-electron chi connectivity index (χ1n) is 11.0. The van der Waals surface area contributed by atoms with E-state index < -0.39 is 10.0 Å². The molecule has 178 valence electrons. The minimum atomic E-state index is -3.48. The van der Waals surface area contributed by atoms with Crippen molar-refractivity contribution in [3.8, 4) is 0 Å². The van der Waals surface area contributed by atoms with Crippen LogP contribution in [0.2, 0.25) is 0 Å². The molecule has 0 spiro atoms. The molecule has 0 aromatic heterocycles. The molecule has 1 N–H and O–H groups in total. The SMILES string of the molecule is CCCCOC(=O)c1ccc(NC(=O)c2ccc(CN(c3ccccc3)S(C)(=O)=O)cc2)cc1. The number of para-hydroxylation sites is 1. The number of nitrogens with one attached hydrogen (secondary N) is 1. The molecular weight excluding hydrogens is 452 g/mol. The standard InChI is InChI=1S/C26H28N2O5S/c1-3-4-18-33-26(30)22-14-16-23(17-15-22)27-25(29)21-12-10-20(11-13-21)19-28(34(2,31)32)24-8-6-5-7-9-24/h5-17H,3-4,18-19H2,1-2H3,(H,27,29). The van der Waals surface area contributed by atoms with E-state index in [4.69, 9.17) is 4.74 Å². The summed E-state index contributed by atoms with van der Waals surface area (Å²) in [5, 5.41) is 2.79. The van der Waals surface area contributed by atoms with Gasteiger partial charge in [-0.15, -0.1) is 0 Å². The van der Waals surface area contributed by atoms with Gasteiger partial charge in [-0.2, -0.15) is 0 Å². The van der Waals surface area contributed by atoms with Crippen LogP contribution in [0.1, 0.15) is 46.0 Å². The van der Waals surface area contributed by atoms with Gasteiger partial charge in [-0.3, -0.25) is 9.10 Å². The fourth-order valence-electron chi connectivity index (χ4n) is 3.21. The van der Waals surface area contributed by atoms with Crippen LogP contribution in [0, 0.1) is 0 Å². The third kappa shape index (κ3) is 6.92. The molecule has 3 aromatic rings. The lowest BCUT2D eigenvalue weighted by molar-refractivity contribution is 0.0499. The Labute approximate surface area is 200 Å². The number of unbranched alkanes of at least 4 members (excludes halogenated alkanes) is 1. The number of esters is 1. The van der Waals surface area contributed by atoms with Crippen molar-refractivity contribution < 1.29 is 22.7 Å². The monoisotopic (exact) mass is 480 g/mol. The quantitative estimate of drug-likeness (QED) is 0.330. The van der Waals surface area contributed by atoms with Crippen molar-refractivity contribution in [2.75, 3.05) is 22.5 Å². The van der Waals surface area contributed by atoms with Crippen molar-refractivity contribution in [1.82, 2.24) is 0 Å². The van der Waals surface area contributed by atoms with E-state index in [-0.39, 0.29) is 18.4 Å². The fraction of sp³-hybridized carbons (Fsp3) is 0.231. The number of sulfonamides is 1. The summed E-state index contributed by atoms with van der Waals surface area (Å²) in [5.41, 5.74) is 2.72. The van der Waals surface area contributed by atoms with Gasteiger partial charge < -0.3 is 10.1 Å². The summed E-state index contributed by atoms with van der Waals surface area (Å²) in [4.78, 5) is 24.6. The Morgan fingerprint density at radius 1 is 0.882 bits per heavy atom. The van der Waals surface area contributed by atoms with Crippen LogP contribution < -0.4 is 9.62 Å². The predicted octanol–water partition coefficient (Wildman–Crippen LogP) is 4.86. The number of anilines is 2. The summed E-state index contributed by atoms with van der Waals surface area (Å²) < 4.78 is 31.1. The summed E-state index contributed by atoms with van der Waals surface area (Å²) in [7, 11) is -3.48. The maximum atomic E-state index is 12.6. The van der Waals surface area contributed by atoms with Gasteiger partial charge in [0.05, 0.1) is 30.7 Å². The summed E-state index contributed by atoms with van der Waals surface area (Å²) >= 11 is 0. The van der Waals surface area contributed by atoms with E-state index in [9.17, 15) is 18.0 Å². The first-order valence-corrected chi connectivity index (χ1v) is 12.8. The normalized spacial score (nSPS) is 11.0. The molecule has 0 saturated heterocycles. The van der Waals surface area contributed by atoms with Crippen molar-refractivity contribution in [2.24, 2.45) is 0 Å². The zero-order chi connectivity index (χ0) is 24.6. The van der Waals surface area contributed by atoms with Crippen LogP contribution in [-0.4, -0.2) is 33.2 Å². The van der Waals surface area contributed by atoms with E-state index in [1.54, 1.807) is 72.8 Å². The molecule has 0 aliphatic carbocycles. The molecular formula is C26H28N2O5S. The molecule has 0 saturated carbocycles. The molecule has 0 heterocycles. The number of rotatable bonds is 10. The number of benzene rings is 3. The minimum absolute atomic E-state index is 0.153. The molecule has 7 nitrogen and oxygen atoms in total. The lowest BCUT2D eigenvalue weighted by Gasteiger charge is -2.22. The Kier molecular flexibility index (Phi) is 8.43. The molecule has 1 amide bonds. The van der Waals surface area contributed by atoms with Crippen molar-refractivity contribution >= 4 is 33.3 Å². The van der Waals surface area contributed by atoms with Crippen molar-refractivity contribution in [3.05, 3.63) is 95.6 Å². The fourth-order valence-corrected chi connectivity index (χ4v) is 4.10. The maximum Gasteiger partial charge on any atom is 0.338 e. The van der Waals surface area contributed by atoms with Gasteiger partial charge in [-0.25, -0.2) is 13.2 Å². The number of carbonyl (C=O) groups excluding carboxylic acids is 2. The van der Waals surface area contributed by atoms with Crippen molar-refractivity contribution in [3.63, 3.8) is 0 Å². The van der Waals surface area contributed by atoms with Crippen LogP contribution in [0.3, 0.4) is 0 Å². The second-order valence-corrected chi connectivity index (χ2v) is 9.73. The molecule has 0 aliphatic heterocycles. The highest BCUT2D eigenvalue weighted by Crippen LogP contribution is 2.20. The lowest BCUT2D eigenvalue weighted by Crippen LogP contribution is -2.29. The molecule has 0 fully saturated rings. The second-order valence-electron chi connectivity index (χ2n) is 7.82. The average molecular weight is 481 g/mol. The van der Waals surface area contributed by atoms with Crippen LogP contribution in [0.4, 0.5) is 11.4 Å². The van der Waals surface area contributed by atoms with Crippen LogP contribution in [0.5, 0.6) is 0 Å². The molecule has 8 heteroatoms. The van der Waals surface area contributed by atoms with E-state index in [0.29, 0.717) is 29.1 Å². The van der Waals surface area contributed by atoms with Gasteiger partial charge in [0.15, 0.2) is 0 Å². The molecule has 0 aliphatic rings. The third-order valence-electron chi connectivity index (χ3n) is 5.10. The molecule has 0 atom stereocenters. The van der Waals surface area contributed by atoms with Crippen LogP contribution in [-0.2, 0) is 21.3 Å². The second kappa shape index (κ2) is 11.5. The highest BCUT2D eigenvalue weighted by atomic mass is 32.2.